The Balaban J connectivity index is 1.65. The first-order valence-corrected chi connectivity index (χ1v) is 13.3. The van der Waals surface area contributed by atoms with Crippen LogP contribution in [-0.4, -0.2) is 34.1 Å². The molecule has 206 valence electrons. The number of carbonyl (C=O) groups is 4. The third kappa shape index (κ3) is 4.85. The normalized spacial score (nSPS) is 22.2. The van der Waals surface area contributed by atoms with Gasteiger partial charge in [-0.15, -0.1) is 0 Å². The molecule has 0 saturated heterocycles. The van der Waals surface area contributed by atoms with E-state index in [1.165, 1.54) is 0 Å². The van der Waals surface area contributed by atoms with E-state index in [2.05, 4.69) is 0 Å². The summed E-state index contributed by atoms with van der Waals surface area (Å²) in [5.41, 5.74) is 1.53. The highest BCUT2D eigenvalue weighted by Gasteiger charge is 2.38. The summed E-state index contributed by atoms with van der Waals surface area (Å²) in [5.74, 6) is -6.26. The Kier molecular flexibility index (Phi) is 7.43. The largest absolute Gasteiger partial charge is 0.481 e. The summed E-state index contributed by atoms with van der Waals surface area (Å²) in [7, 11) is 0. The van der Waals surface area contributed by atoms with Gasteiger partial charge in [0, 0.05) is 21.5 Å². The highest BCUT2D eigenvalue weighted by molar-refractivity contribution is 6.14. The molecule has 5 rings (SSSR count). The molecule has 0 spiro atoms. The number of hydrogen-bond donors (Lipinski definition) is 2. The van der Waals surface area contributed by atoms with Crippen LogP contribution in [-0.2, 0) is 19.2 Å². The Morgan fingerprint density at radius 1 is 0.600 bits per heavy atom. The molecule has 4 atom stereocenters. The van der Waals surface area contributed by atoms with Crippen molar-refractivity contribution in [2.24, 2.45) is 23.7 Å². The lowest BCUT2D eigenvalue weighted by molar-refractivity contribution is -0.152. The van der Waals surface area contributed by atoms with Crippen LogP contribution in [0.15, 0.2) is 60.7 Å². The number of carboxylic acid groups (broad SMARTS) is 2. The van der Waals surface area contributed by atoms with Gasteiger partial charge in [-0.05, 0) is 50.7 Å². The number of carbonyl (C=O) groups excluding carboxylic acids is 2. The number of benzene rings is 3. The van der Waals surface area contributed by atoms with Crippen molar-refractivity contribution in [3.05, 3.63) is 71.8 Å². The maximum Gasteiger partial charge on any atom is 0.315 e. The van der Waals surface area contributed by atoms with Crippen LogP contribution in [0, 0.1) is 37.5 Å². The number of rotatable bonds is 6. The summed E-state index contributed by atoms with van der Waals surface area (Å²) in [6.45, 7) is 3.70. The van der Waals surface area contributed by atoms with Gasteiger partial charge in [0.05, 0.1) is 23.7 Å². The zero-order chi connectivity index (χ0) is 28.6. The standard InChI is InChI=1S/C32H30O8/c1-17-9-7-15-23-25(17)27(39-31(37)21-13-5-3-11-19(21)29(33)34)24-16-8-10-18(2)26(24)28(23)40-32(38)22-14-6-4-12-20(22)30(35)36/h3-10,15-16,19-22H,11-14H2,1-2H3,(H,33,34)(H,35,36). The third-order valence-electron chi connectivity index (χ3n) is 8.00. The Morgan fingerprint density at radius 3 is 1.30 bits per heavy atom. The summed E-state index contributed by atoms with van der Waals surface area (Å²) in [5, 5.41) is 21.6. The minimum absolute atomic E-state index is 0.247. The average molecular weight is 543 g/mol. The SMILES string of the molecule is Cc1cccc2c(OC(=O)C3CC=CCC3C(=O)O)c3c(C)cccc3c(OC(=O)C3CC=CCC3C(=O)O)c12. The van der Waals surface area contributed by atoms with Gasteiger partial charge in [-0.1, -0.05) is 60.7 Å². The molecular formula is C32H30O8. The molecule has 8 heteroatoms. The first kappa shape index (κ1) is 27.1. The molecule has 0 bridgehead atoms. The lowest BCUT2D eigenvalue weighted by Crippen LogP contribution is -2.34. The summed E-state index contributed by atoms with van der Waals surface area (Å²) in [4.78, 5) is 50.7. The second-order valence-electron chi connectivity index (χ2n) is 10.5. The number of ether oxygens (including phenoxy) is 2. The molecule has 40 heavy (non-hydrogen) atoms. The van der Waals surface area contributed by atoms with Gasteiger partial charge in [0.1, 0.15) is 11.5 Å². The Bertz CT molecular complexity index is 1480. The van der Waals surface area contributed by atoms with Gasteiger partial charge < -0.3 is 19.7 Å². The zero-order valence-electron chi connectivity index (χ0n) is 22.3. The molecule has 0 saturated carbocycles. The van der Waals surface area contributed by atoms with Gasteiger partial charge in [-0.2, -0.15) is 0 Å². The van der Waals surface area contributed by atoms with Crippen LogP contribution in [0.1, 0.15) is 36.8 Å². The molecule has 3 aromatic carbocycles. The van der Waals surface area contributed by atoms with Crippen molar-refractivity contribution in [2.75, 3.05) is 0 Å². The number of aliphatic carboxylic acids is 2. The summed E-state index contributed by atoms with van der Waals surface area (Å²) >= 11 is 0. The Labute approximate surface area is 230 Å². The molecule has 0 fully saturated rings. The van der Waals surface area contributed by atoms with Crippen LogP contribution in [0.3, 0.4) is 0 Å². The second kappa shape index (κ2) is 11.0. The van der Waals surface area contributed by atoms with E-state index in [9.17, 15) is 29.4 Å². The van der Waals surface area contributed by atoms with Crippen molar-refractivity contribution in [2.45, 2.75) is 39.5 Å². The molecule has 0 heterocycles. The molecule has 0 aromatic heterocycles. The number of esters is 2. The van der Waals surface area contributed by atoms with Crippen LogP contribution >= 0.6 is 0 Å². The minimum Gasteiger partial charge on any atom is -0.481 e. The fraction of sp³-hybridized carbons (Fsp3) is 0.312. The van der Waals surface area contributed by atoms with Gasteiger partial charge in [-0.25, -0.2) is 0 Å². The predicted molar refractivity (Wildman–Crippen MR) is 148 cm³/mol. The molecule has 3 aromatic rings. The van der Waals surface area contributed by atoms with E-state index in [4.69, 9.17) is 9.47 Å². The molecule has 4 unspecified atom stereocenters. The summed E-state index contributed by atoms with van der Waals surface area (Å²) in [6, 6.07) is 10.9. The molecule has 2 aliphatic carbocycles. The van der Waals surface area contributed by atoms with Crippen molar-refractivity contribution in [3.8, 4) is 11.5 Å². The van der Waals surface area contributed by atoms with Gasteiger partial charge in [0.2, 0.25) is 0 Å². The molecule has 2 aliphatic rings. The minimum atomic E-state index is -1.05. The second-order valence-corrected chi connectivity index (χ2v) is 10.5. The summed E-state index contributed by atoms with van der Waals surface area (Å²) in [6.07, 6.45) is 8.14. The molecule has 8 nitrogen and oxygen atoms in total. The van der Waals surface area contributed by atoms with Gasteiger partial charge >= 0.3 is 23.9 Å². The van der Waals surface area contributed by atoms with Crippen molar-refractivity contribution >= 4 is 45.4 Å². The predicted octanol–water partition coefficient (Wildman–Crippen LogP) is 5.75. The number of allylic oxidation sites excluding steroid dienone is 4. The van der Waals surface area contributed by atoms with E-state index in [0.717, 1.165) is 11.1 Å². The van der Waals surface area contributed by atoms with Crippen molar-refractivity contribution < 1.29 is 38.9 Å². The van der Waals surface area contributed by atoms with Crippen molar-refractivity contribution in [3.63, 3.8) is 0 Å². The number of aryl methyl sites for hydroxylation is 2. The van der Waals surface area contributed by atoms with Crippen molar-refractivity contribution in [1.29, 1.82) is 0 Å². The molecular weight excluding hydrogens is 512 g/mol. The van der Waals surface area contributed by atoms with Gasteiger partial charge in [0.25, 0.3) is 0 Å². The molecule has 0 aliphatic heterocycles. The quantitative estimate of drug-likeness (QED) is 0.174. The molecule has 2 N–H and O–H groups in total. The fourth-order valence-corrected chi connectivity index (χ4v) is 5.85. The van der Waals surface area contributed by atoms with Crippen LogP contribution in [0.5, 0.6) is 11.5 Å². The lowest BCUT2D eigenvalue weighted by Gasteiger charge is -2.26. The fourth-order valence-electron chi connectivity index (χ4n) is 5.85. The smallest absolute Gasteiger partial charge is 0.315 e. The van der Waals surface area contributed by atoms with E-state index in [0.29, 0.717) is 21.5 Å². The average Bonchev–Trinajstić information content (AvgIpc) is 2.94. The topological polar surface area (TPSA) is 127 Å². The van der Waals surface area contributed by atoms with Gasteiger partial charge in [0.15, 0.2) is 0 Å². The van der Waals surface area contributed by atoms with Gasteiger partial charge in [-0.3, -0.25) is 19.2 Å². The van der Waals surface area contributed by atoms with E-state index in [1.54, 1.807) is 48.6 Å². The molecule has 0 amide bonds. The highest BCUT2D eigenvalue weighted by Crippen LogP contribution is 2.46. The van der Waals surface area contributed by atoms with Crippen LogP contribution < -0.4 is 9.47 Å². The molecule has 0 radical (unpaired) electrons. The maximum atomic E-state index is 13.5. The Hall–Kier alpha value is -4.46. The monoisotopic (exact) mass is 542 g/mol. The van der Waals surface area contributed by atoms with E-state index in [-0.39, 0.29) is 37.2 Å². The Morgan fingerprint density at radius 2 is 0.950 bits per heavy atom. The zero-order valence-corrected chi connectivity index (χ0v) is 22.3. The highest BCUT2D eigenvalue weighted by atomic mass is 16.5. The van der Waals surface area contributed by atoms with E-state index in [1.807, 2.05) is 26.0 Å². The van der Waals surface area contributed by atoms with Crippen LogP contribution in [0.2, 0.25) is 0 Å². The number of carboxylic acids is 2. The number of hydrogen-bond acceptors (Lipinski definition) is 6. The summed E-state index contributed by atoms with van der Waals surface area (Å²) < 4.78 is 12.1. The van der Waals surface area contributed by atoms with E-state index >= 15 is 0 Å². The van der Waals surface area contributed by atoms with Crippen LogP contribution in [0.25, 0.3) is 21.5 Å². The van der Waals surface area contributed by atoms with Crippen LogP contribution in [0.4, 0.5) is 0 Å². The first-order valence-electron chi connectivity index (χ1n) is 13.3. The third-order valence-corrected chi connectivity index (χ3v) is 8.00. The van der Waals surface area contributed by atoms with Crippen molar-refractivity contribution in [1.82, 2.24) is 0 Å². The maximum absolute atomic E-state index is 13.5. The first-order chi connectivity index (χ1) is 19.2. The lowest BCUT2D eigenvalue weighted by atomic mass is 9.83. The number of fused-ring (bicyclic) bond motifs is 2. The van der Waals surface area contributed by atoms with E-state index < -0.39 is 47.5 Å².